The van der Waals surface area contributed by atoms with Gasteiger partial charge >= 0.3 is 0 Å². The molecule has 0 saturated carbocycles. The Hall–Kier alpha value is -4.49. The molecule has 0 spiro atoms. The Labute approximate surface area is 228 Å². The maximum absolute atomic E-state index is 13.5. The molecule has 0 bridgehead atoms. The van der Waals surface area contributed by atoms with Gasteiger partial charge in [-0.3, -0.25) is 9.69 Å². The lowest BCUT2D eigenvalue weighted by Gasteiger charge is -2.32. The van der Waals surface area contributed by atoms with Crippen molar-refractivity contribution in [3.8, 4) is 28.3 Å². The monoisotopic (exact) mass is 517 g/mol. The number of likely N-dealkylation sites (tertiary alicyclic amines) is 1. The fraction of sp³-hybridized carbons (Fsp3) is 0.219. The van der Waals surface area contributed by atoms with Gasteiger partial charge in [0.1, 0.15) is 11.4 Å². The molecule has 196 valence electrons. The van der Waals surface area contributed by atoms with E-state index in [1.807, 2.05) is 72.8 Å². The maximum atomic E-state index is 13.5. The standard InChI is InChI=1S/C32H31N5O2/c1-39-27-14-8-13-25(19-27)30-20-29(34-31-21-28(35-37(30)31)24-11-6-3-7-12-24)32(38)33-26-15-17-36(18-16-26)22-23-9-4-2-5-10-23/h2-14,19-21,26H,15-18,22H2,1H3,(H,33,38). The predicted octanol–water partition coefficient (Wildman–Crippen LogP) is 5.47. The van der Waals surface area contributed by atoms with Gasteiger partial charge in [0, 0.05) is 42.9 Å². The van der Waals surface area contributed by atoms with E-state index in [1.165, 1.54) is 5.56 Å². The Balaban J connectivity index is 1.25. The summed E-state index contributed by atoms with van der Waals surface area (Å²) in [5.41, 5.74) is 5.79. The number of rotatable bonds is 7. The van der Waals surface area contributed by atoms with Crippen molar-refractivity contribution in [2.75, 3.05) is 20.2 Å². The van der Waals surface area contributed by atoms with Crippen LogP contribution < -0.4 is 10.1 Å². The first-order chi connectivity index (χ1) is 19.2. The number of hydrogen-bond acceptors (Lipinski definition) is 5. The molecule has 3 aromatic carbocycles. The smallest absolute Gasteiger partial charge is 0.270 e. The first kappa shape index (κ1) is 24.8. The third kappa shape index (κ3) is 5.54. The van der Waals surface area contributed by atoms with Gasteiger partial charge in [0.15, 0.2) is 5.65 Å². The third-order valence-electron chi connectivity index (χ3n) is 7.27. The summed E-state index contributed by atoms with van der Waals surface area (Å²) < 4.78 is 7.26. The van der Waals surface area contributed by atoms with Crippen LogP contribution in [0.15, 0.2) is 97.1 Å². The molecule has 1 N–H and O–H groups in total. The van der Waals surface area contributed by atoms with Crippen molar-refractivity contribution in [1.29, 1.82) is 0 Å². The lowest BCUT2D eigenvalue weighted by Crippen LogP contribution is -2.44. The Kier molecular flexibility index (Phi) is 7.06. The van der Waals surface area contributed by atoms with Gasteiger partial charge in [-0.25, -0.2) is 9.50 Å². The highest BCUT2D eigenvalue weighted by Crippen LogP contribution is 2.28. The number of carbonyl (C=O) groups is 1. The second-order valence-corrected chi connectivity index (χ2v) is 9.93. The highest BCUT2D eigenvalue weighted by atomic mass is 16.5. The number of piperidine rings is 1. The van der Waals surface area contributed by atoms with E-state index in [0.717, 1.165) is 60.7 Å². The first-order valence-corrected chi connectivity index (χ1v) is 13.3. The zero-order chi connectivity index (χ0) is 26.6. The Morgan fingerprint density at radius 3 is 2.36 bits per heavy atom. The van der Waals surface area contributed by atoms with Crippen LogP contribution in [0.3, 0.4) is 0 Å². The highest BCUT2D eigenvalue weighted by molar-refractivity contribution is 5.94. The molecule has 1 aliphatic heterocycles. The fourth-order valence-corrected chi connectivity index (χ4v) is 5.17. The molecule has 3 heterocycles. The van der Waals surface area contributed by atoms with E-state index in [2.05, 4.69) is 34.5 Å². The molecule has 1 saturated heterocycles. The number of carbonyl (C=O) groups excluding carboxylic acids is 1. The predicted molar refractivity (Wildman–Crippen MR) is 153 cm³/mol. The minimum Gasteiger partial charge on any atom is -0.497 e. The lowest BCUT2D eigenvalue weighted by atomic mass is 10.0. The molecule has 0 unspecified atom stereocenters. The van der Waals surface area contributed by atoms with Crippen LogP contribution in [0.25, 0.3) is 28.2 Å². The molecule has 0 aliphatic carbocycles. The Bertz CT molecular complexity index is 1570. The minimum absolute atomic E-state index is 0.118. The third-order valence-corrected chi connectivity index (χ3v) is 7.27. The molecule has 0 radical (unpaired) electrons. The summed E-state index contributed by atoms with van der Waals surface area (Å²) in [5.74, 6) is 0.576. The average molecular weight is 518 g/mol. The number of benzene rings is 3. The summed E-state index contributed by atoms with van der Waals surface area (Å²) in [5, 5.41) is 8.09. The van der Waals surface area contributed by atoms with Gasteiger partial charge in [0.2, 0.25) is 0 Å². The van der Waals surface area contributed by atoms with Crippen LogP contribution in [0.2, 0.25) is 0 Å². The van der Waals surface area contributed by atoms with Crippen LogP contribution in [-0.2, 0) is 6.54 Å². The van der Waals surface area contributed by atoms with Gasteiger partial charge in [-0.15, -0.1) is 0 Å². The summed E-state index contributed by atoms with van der Waals surface area (Å²) in [7, 11) is 1.65. The highest BCUT2D eigenvalue weighted by Gasteiger charge is 2.23. The van der Waals surface area contributed by atoms with Crippen molar-refractivity contribution in [2.45, 2.75) is 25.4 Å². The number of methoxy groups -OCH3 is 1. The van der Waals surface area contributed by atoms with Gasteiger partial charge in [0.05, 0.1) is 18.5 Å². The van der Waals surface area contributed by atoms with Gasteiger partial charge < -0.3 is 10.1 Å². The summed E-state index contributed by atoms with van der Waals surface area (Å²) in [6.45, 7) is 2.84. The van der Waals surface area contributed by atoms with E-state index in [4.69, 9.17) is 14.8 Å². The van der Waals surface area contributed by atoms with Crippen molar-refractivity contribution in [3.63, 3.8) is 0 Å². The molecule has 5 aromatic rings. The molecule has 1 fully saturated rings. The molecule has 1 amide bonds. The molecule has 6 rings (SSSR count). The molecule has 7 nitrogen and oxygen atoms in total. The van der Waals surface area contributed by atoms with Gasteiger partial charge in [0.25, 0.3) is 5.91 Å². The van der Waals surface area contributed by atoms with Crippen molar-refractivity contribution >= 4 is 11.6 Å². The van der Waals surface area contributed by atoms with Gasteiger partial charge in [-0.1, -0.05) is 72.8 Å². The number of hydrogen-bond donors (Lipinski definition) is 1. The summed E-state index contributed by atoms with van der Waals surface area (Å²) >= 11 is 0. The topological polar surface area (TPSA) is 71.8 Å². The van der Waals surface area contributed by atoms with Crippen molar-refractivity contribution < 1.29 is 9.53 Å². The molecule has 39 heavy (non-hydrogen) atoms. The Morgan fingerprint density at radius 2 is 1.62 bits per heavy atom. The number of ether oxygens (including phenoxy) is 1. The van der Waals surface area contributed by atoms with Crippen LogP contribution in [0.5, 0.6) is 5.75 Å². The van der Waals surface area contributed by atoms with E-state index in [9.17, 15) is 4.79 Å². The van der Waals surface area contributed by atoms with Crippen molar-refractivity contribution in [1.82, 2.24) is 24.8 Å². The lowest BCUT2D eigenvalue weighted by molar-refractivity contribution is 0.0904. The largest absolute Gasteiger partial charge is 0.497 e. The van der Waals surface area contributed by atoms with Gasteiger partial charge in [-0.2, -0.15) is 5.10 Å². The van der Waals surface area contributed by atoms with Crippen LogP contribution in [0, 0.1) is 0 Å². The van der Waals surface area contributed by atoms with Crippen LogP contribution in [0.1, 0.15) is 28.9 Å². The number of amides is 1. The molecule has 1 aliphatic rings. The van der Waals surface area contributed by atoms with Crippen LogP contribution >= 0.6 is 0 Å². The normalized spacial score (nSPS) is 14.4. The minimum atomic E-state index is -0.161. The van der Waals surface area contributed by atoms with Gasteiger partial charge in [-0.05, 0) is 36.6 Å². The summed E-state index contributed by atoms with van der Waals surface area (Å²) in [6.07, 6.45) is 1.82. The maximum Gasteiger partial charge on any atom is 0.270 e. The molecule has 7 heteroatoms. The second kappa shape index (κ2) is 11.1. The number of nitrogens with one attached hydrogen (secondary N) is 1. The van der Waals surface area contributed by atoms with E-state index < -0.39 is 0 Å². The van der Waals surface area contributed by atoms with Crippen LogP contribution in [-0.4, -0.2) is 51.6 Å². The quantitative estimate of drug-likeness (QED) is 0.310. The molecule has 0 atom stereocenters. The zero-order valence-electron chi connectivity index (χ0n) is 22.0. The number of nitrogens with zero attached hydrogens (tertiary/aromatic N) is 4. The van der Waals surface area contributed by atoms with E-state index in [0.29, 0.717) is 11.3 Å². The van der Waals surface area contributed by atoms with E-state index in [-0.39, 0.29) is 11.9 Å². The molecule has 2 aromatic heterocycles. The number of fused-ring (bicyclic) bond motifs is 1. The summed E-state index contributed by atoms with van der Waals surface area (Å²) in [4.78, 5) is 20.6. The number of aromatic nitrogens is 3. The van der Waals surface area contributed by atoms with Crippen LogP contribution in [0.4, 0.5) is 0 Å². The second-order valence-electron chi connectivity index (χ2n) is 9.93. The summed E-state index contributed by atoms with van der Waals surface area (Å²) in [6, 6.07) is 32.2. The van der Waals surface area contributed by atoms with E-state index in [1.54, 1.807) is 11.6 Å². The SMILES string of the molecule is COc1cccc(-c2cc(C(=O)NC3CCN(Cc4ccccc4)CC3)nc3cc(-c4ccccc4)nn23)c1. The zero-order valence-corrected chi connectivity index (χ0v) is 22.0. The van der Waals surface area contributed by atoms with E-state index >= 15 is 0 Å². The first-order valence-electron chi connectivity index (χ1n) is 13.3. The Morgan fingerprint density at radius 1 is 0.897 bits per heavy atom. The fourth-order valence-electron chi connectivity index (χ4n) is 5.17. The molecular weight excluding hydrogens is 486 g/mol. The van der Waals surface area contributed by atoms with Crippen molar-refractivity contribution in [2.24, 2.45) is 0 Å². The average Bonchev–Trinajstić information content (AvgIpc) is 3.43. The van der Waals surface area contributed by atoms with Crippen molar-refractivity contribution in [3.05, 3.63) is 108 Å². The molecular formula is C32H31N5O2.